The third-order valence-electron chi connectivity index (χ3n) is 5.50. The number of carbonyl (C=O) groups is 1. The minimum atomic E-state index is -0.318. The van der Waals surface area contributed by atoms with Crippen molar-refractivity contribution in [3.63, 3.8) is 0 Å². The van der Waals surface area contributed by atoms with E-state index in [9.17, 15) is 9.18 Å². The molecule has 0 saturated heterocycles. The first-order valence-electron chi connectivity index (χ1n) is 10.3. The molecule has 6 heteroatoms. The summed E-state index contributed by atoms with van der Waals surface area (Å²) in [6.07, 6.45) is 0. The van der Waals surface area contributed by atoms with Gasteiger partial charge in [-0.1, -0.05) is 23.8 Å². The van der Waals surface area contributed by atoms with Crippen LogP contribution in [0.2, 0.25) is 0 Å². The molecule has 0 bridgehead atoms. The number of benzene rings is 2. The van der Waals surface area contributed by atoms with E-state index in [2.05, 4.69) is 47.4 Å². The number of aryl methyl sites for hydroxylation is 4. The quantitative estimate of drug-likeness (QED) is 0.492. The molecule has 0 aliphatic carbocycles. The molecule has 0 aliphatic heterocycles. The van der Waals surface area contributed by atoms with Crippen molar-refractivity contribution in [2.75, 3.05) is 0 Å². The van der Waals surface area contributed by atoms with Gasteiger partial charge in [0.25, 0.3) is 5.91 Å². The van der Waals surface area contributed by atoms with E-state index in [1.807, 2.05) is 20.8 Å². The Morgan fingerprint density at radius 2 is 1.74 bits per heavy atom. The largest absolute Gasteiger partial charge is 0.345 e. The number of carbonyl (C=O) groups excluding carboxylic acids is 1. The predicted octanol–water partition coefficient (Wildman–Crippen LogP) is 5.28. The van der Waals surface area contributed by atoms with Crippen molar-refractivity contribution >= 4 is 16.9 Å². The van der Waals surface area contributed by atoms with Crippen LogP contribution in [0.5, 0.6) is 0 Å². The molecule has 2 aromatic carbocycles. The number of nitrogens with one attached hydrogen (secondary N) is 1. The fourth-order valence-electron chi connectivity index (χ4n) is 4.02. The normalized spacial score (nSPS) is 12.2. The minimum Gasteiger partial charge on any atom is -0.345 e. The highest BCUT2D eigenvalue weighted by atomic mass is 19.1. The molecule has 0 radical (unpaired) electrons. The van der Waals surface area contributed by atoms with E-state index in [0.717, 1.165) is 11.1 Å². The zero-order valence-electron chi connectivity index (χ0n) is 18.3. The lowest BCUT2D eigenvalue weighted by Gasteiger charge is -2.18. The molecule has 5 nitrogen and oxygen atoms in total. The molecule has 0 fully saturated rings. The van der Waals surface area contributed by atoms with E-state index < -0.39 is 0 Å². The smallest absolute Gasteiger partial charge is 0.252 e. The van der Waals surface area contributed by atoms with Crippen LogP contribution in [0.3, 0.4) is 0 Å². The van der Waals surface area contributed by atoms with E-state index >= 15 is 0 Å². The molecule has 2 aromatic heterocycles. The Labute approximate surface area is 180 Å². The van der Waals surface area contributed by atoms with Crippen LogP contribution in [-0.4, -0.2) is 20.7 Å². The Morgan fingerprint density at radius 1 is 1.03 bits per heavy atom. The average molecular weight is 417 g/mol. The number of halogens is 1. The molecule has 31 heavy (non-hydrogen) atoms. The second-order valence-corrected chi connectivity index (χ2v) is 8.04. The third kappa shape index (κ3) is 3.93. The van der Waals surface area contributed by atoms with E-state index in [1.54, 1.807) is 22.9 Å². The highest BCUT2D eigenvalue weighted by molar-refractivity contribution is 6.07. The van der Waals surface area contributed by atoms with Gasteiger partial charge in [0.05, 0.1) is 28.4 Å². The van der Waals surface area contributed by atoms with Crippen molar-refractivity contribution in [2.45, 2.75) is 40.7 Å². The Hall–Kier alpha value is -3.54. The Morgan fingerprint density at radius 3 is 2.42 bits per heavy atom. The first-order valence-corrected chi connectivity index (χ1v) is 10.3. The Balaban J connectivity index is 1.75. The van der Waals surface area contributed by atoms with Gasteiger partial charge in [-0.2, -0.15) is 5.10 Å². The van der Waals surface area contributed by atoms with Gasteiger partial charge in [0.15, 0.2) is 5.65 Å². The van der Waals surface area contributed by atoms with E-state index in [4.69, 9.17) is 0 Å². The van der Waals surface area contributed by atoms with Gasteiger partial charge in [-0.25, -0.2) is 14.1 Å². The molecule has 1 amide bonds. The summed E-state index contributed by atoms with van der Waals surface area (Å²) >= 11 is 0. The maximum absolute atomic E-state index is 13.4. The highest BCUT2D eigenvalue weighted by Crippen LogP contribution is 2.26. The number of pyridine rings is 1. The number of hydrogen-bond acceptors (Lipinski definition) is 3. The van der Waals surface area contributed by atoms with Gasteiger partial charge in [0.2, 0.25) is 0 Å². The highest BCUT2D eigenvalue weighted by Gasteiger charge is 2.21. The standard InChI is InChI=1S/C25H25FN4O/c1-14-6-11-21(15(2)12-14)17(4)28-25(31)22-13-16(3)27-24-23(22)18(5)29-30(24)20-9-7-19(26)8-10-20/h6-13,17H,1-5H3,(H,28,31)/t17-/m0/s1. The molecule has 2 heterocycles. The first-order chi connectivity index (χ1) is 14.7. The topological polar surface area (TPSA) is 59.8 Å². The number of rotatable bonds is 4. The number of nitrogens with zero attached hydrogens (tertiary/aromatic N) is 3. The second kappa shape index (κ2) is 7.95. The summed E-state index contributed by atoms with van der Waals surface area (Å²) < 4.78 is 15.0. The Bertz CT molecular complexity index is 1290. The van der Waals surface area contributed by atoms with Crippen LogP contribution < -0.4 is 5.32 Å². The van der Waals surface area contributed by atoms with E-state index in [0.29, 0.717) is 33.7 Å². The van der Waals surface area contributed by atoms with Gasteiger partial charge in [0.1, 0.15) is 5.82 Å². The summed E-state index contributed by atoms with van der Waals surface area (Å²) in [6, 6.07) is 13.9. The lowest BCUT2D eigenvalue weighted by atomic mass is 9.99. The van der Waals surface area contributed by atoms with Crippen molar-refractivity contribution in [1.82, 2.24) is 20.1 Å². The molecular weight excluding hydrogens is 391 g/mol. The molecule has 1 N–H and O–H groups in total. The van der Waals surface area contributed by atoms with Gasteiger partial charge in [-0.3, -0.25) is 4.79 Å². The van der Waals surface area contributed by atoms with E-state index in [-0.39, 0.29) is 17.8 Å². The molecule has 0 saturated carbocycles. The van der Waals surface area contributed by atoms with Gasteiger partial charge in [-0.05, 0) is 76.1 Å². The first kappa shape index (κ1) is 20.7. The number of hydrogen-bond donors (Lipinski definition) is 1. The van der Waals surface area contributed by atoms with Gasteiger partial charge in [0, 0.05) is 5.69 Å². The fourth-order valence-corrected chi connectivity index (χ4v) is 4.02. The molecule has 158 valence electrons. The molecule has 0 aliphatic rings. The van der Waals surface area contributed by atoms with Crippen LogP contribution in [0.1, 0.15) is 51.4 Å². The lowest BCUT2D eigenvalue weighted by molar-refractivity contribution is 0.0941. The summed E-state index contributed by atoms with van der Waals surface area (Å²) in [5, 5.41) is 8.40. The molecule has 0 spiro atoms. The maximum Gasteiger partial charge on any atom is 0.252 e. The number of amides is 1. The summed E-state index contributed by atoms with van der Waals surface area (Å²) in [6.45, 7) is 9.79. The maximum atomic E-state index is 13.4. The lowest BCUT2D eigenvalue weighted by Crippen LogP contribution is -2.27. The fraction of sp³-hybridized carbons (Fsp3) is 0.240. The molecule has 4 aromatic rings. The van der Waals surface area contributed by atoms with Gasteiger partial charge >= 0.3 is 0 Å². The average Bonchev–Trinajstić information content (AvgIpc) is 3.04. The number of fused-ring (bicyclic) bond motifs is 1. The van der Waals surface area contributed by atoms with Crippen LogP contribution in [-0.2, 0) is 0 Å². The molecule has 0 unspecified atom stereocenters. The SMILES string of the molecule is Cc1ccc([C@H](C)NC(=O)c2cc(C)nc3c2c(C)nn3-c2ccc(F)cc2)c(C)c1. The van der Waals surface area contributed by atoms with Crippen LogP contribution in [0.25, 0.3) is 16.7 Å². The molecule has 1 atom stereocenters. The van der Waals surface area contributed by atoms with Gasteiger partial charge in [-0.15, -0.1) is 0 Å². The van der Waals surface area contributed by atoms with E-state index in [1.165, 1.54) is 17.7 Å². The van der Waals surface area contributed by atoms with Crippen molar-refractivity contribution in [3.8, 4) is 5.69 Å². The zero-order chi connectivity index (χ0) is 22.3. The number of aromatic nitrogens is 3. The van der Waals surface area contributed by atoms with Gasteiger partial charge < -0.3 is 5.32 Å². The second-order valence-electron chi connectivity index (χ2n) is 8.04. The van der Waals surface area contributed by atoms with Crippen LogP contribution in [0, 0.1) is 33.5 Å². The predicted molar refractivity (Wildman–Crippen MR) is 120 cm³/mol. The van der Waals surface area contributed by atoms with Crippen LogP contribution in [0.4, 0.5) is 4.39 Å². The molecule has 4 rings (SSSR count). The monoisotopic (exact) mass is 416 g/mol. The summed E-state index contributed by atoms with van der Waals surface area (Å²) in [5.41, 5.74) is 6.61. The van der Waals surface area contributed by atoms with Crippen molar-refractivity contribution in [2.24, 2.45) is 0 Å². The van der Waals surface area contributed by atoms with Crippen LogP contribution in [0.15, 0.2) is 48.5 Å². The van der Waals surface area contributed by atoms with Crippen molar-refractivity contribution in [3.05, 3.63) is 88.0 Å². The third-order valence-corrected chi connectivity index (χ3v) is 5.50. The van der Waals surface area contributed by atoms with Crippen molar-refractivity contribution in [1.29, 1.82) is 0 Å². The van der Waals surface area contributed by atoms with Crippen LogP contribution >= 0.6 is 0 Å². The Kier molecular flexibility index (Phi) is 5.31. The zero-order valence-corrected chi connectivity index (χ0v) is 18.3. The van der Waals surface area contributed by atoms with Crippen molar-refractivity contribution < 1.29 is 9.18 Å². The minimum absolute atomic E-state index is 0.149. The summed E-state index contributed by atoms with van der Waals surface area (Å²) in [7, 11) is 0. The molecular formula is C25H25FN4O. The summed E-state index contributed by atoms with van der Waals surface area (Å²) in [5.74, 6) is -0.494. The summed E-state index contributed by atoms with van der Waals surface area (Å²) in [4.78, 5) is 17.9.